The summed E-state index contributed by atoms with van der Waals surface area (Å²) in [5, 5.41) is 7.99. The Morgan fingerprint density at radius 1 is 1.27 bits per heavy atom. The largest absolute Gasteiger partial charge is 0.337 e. The fourth-order valence-corrected chi connectivity index (χ4v) is 3.73. The molecule has 2 fully saturated rings. The highest BCUT2D eigenvalue weighted by Gasteiger charge is 2.37. The van der Waals surface area contributed by atoms with Gasteiger partial charge in [0.05, 0.1) is 25.3 Å². The molecule has 9 heteroatoms. The first kappa shape index (κ1) is 18.6. The number of aromatic nitrogens is 3. The molecule has 2 saturated heterocycles. The molecule has 0 aromatic carbocycles. The van der Waals surface area contributed by atoms with Gasteiger partial charge in [-0.05, 0) is 26.7 Å². The second-order valence-electron chi connectivity index (χ2n) is 6.92. The molecule has 0 spiro atoms. The van der Waals surface area contributed by atoms with E-state index >= 15 is 0 Å². The number of nitrogens with zero attached hydrogens (tertiary/aromatic N) is 6. The minimum Gasteiger partial charge on any atom is -0.337 e. The standard InChI is InChI=1S/C17H27FN6O2/c1-3-21(4-2)17(26)24-10-13(18)9-14(24)11-23-12-15(19-20-23)16(25)22-7-5-6-8-22/h12-14H,3-11H2,1-2H3. The van der Waals surface area contributed by atoms with Gasteiger partial charge in [0, 0.05) is 32.6 Å². The fourth-order valence-electron chi connectivity index (χ4n) is 3.73. The van der Waals surface area contributed by atoms with Crippen LogP contribution in [-0.4, -0.2) is 86.6 Å². The van der Waals surface area contributed by atoms with Crippen molar-refractivity contribution in [2.45, 2.75) is 51.9 Å². The van der Waals surface area contributed by atoms with Crippen LogP contribution in [0.15, 0.2) is 6.20 Å². The Bertz CT molecular complexity index is 641. The third kappa shape index (κ3) is 3.81. The fraction of sp³-hybridized carbons (Fsp3) is 0.765. The van der Waals surface area contributed by atoms with Gasteiger partial charge in [-0.15, -0.1) is 5.10 Å². The van der Waals surface area contributed by atoms with Crippen LogP contribution in [-0.2, 0) is 6.54 Å². The van der Waals surface area contributed by atoms with E-state index in [0.29, 0.717) is 25.3 Å². The Morgan fingerprint density at radius 3 is 2.62 bits per heavy atom. The summed E-state index contributed by atoms with van der Waals surface area (Å²) in [6, 6.07) is -0.428. The number of hydrogen-bond acceptors (Lipinski definition) is 4. The molecule has 0 bridgehead atoms. The summed E-state index contributed by atoms with van der Waals surface area (Å²) in [5.74, 6) is -0.111. The van der Waals surface area contributed by atoms with Crippen LogP contribution in [0.25, 0.3) is 0 Å². The number of carbonyl (C=O) groups is 2. The van der Waals surface area contributed by atoms with Crippen molar-refractivity contribution in [2.24, 2.45) is 0 Å². The van der Waals surface area contributed by atoms with Gasteiger partial charge < -0.3 is 14.7 Å². The average Bonchev–Trinajstić information content (AvgIpc) is 3.36. The first-order valence-corrected chi connectivity index (χ1v) is 9.42. The summed E-state index contributed by atoms with van der Waals surface area (Å²) in [7, 11) is 0. The first-order valence-electron chi connectivity index (χ1n) is 9.42. The molecule has 0 saturated carbocycles. The van der Waals surface area contributed by atoms with Crippen LogP contribution in [0.2, 0.25) is 0 Å². The molecule has 0 aliphatic carbocycles. The molecule has 1 aromatic rings. The highest BCUT2D eigenvalue weighted by atomic mass is 19.1. The van der Waals surface area contributed by atoms with Gasteiger partial charge in [-0.2, -0.15) is 0 Å². The maximum Gasteiger partial charge on any atom is 0.320 e. The van der Waals surface area contributed by atoms with E-state index in [9.17, 15) is 14.0 Å². The zero-order chi connectivity index (χ0) is 18.7. The predicted octanol–water partition coefficient (Wildman–Crippen LogP) is 1.39. The average molecular weight is 366 g/mol. The van der Waals surface area contributed by atoms with E-state index in [2.05, 4.69) is 10.3 Å². The molecular weight excluding hydrogens is 339 g/mol. The number of rotatable bonds is 5. The molecule has 8 nitrogen and oxygen atoms in total. The van der Waals surface area contributed by atoms with E-state index in [1.165, 1.54) is 0 Å². The molecular formula is C17H27FN6O2. The van der Waals surface area contributed by atoms with Crippen LogP contribution < -0.4 is 0 Å². The summed E-state index contributed by atoms with van der Waals surface area (Å²) in [6.07, 6.45) is 2.88. The molecule has 2 unspecified atom stereocenters. The molecule has 2 aliphatic rings. The molecule has 2 atom stereocenters. The lowest BCUT2D eigenvalue weighted by Crippen LogP contribution is -2.46. The van der Waals surface area contributed by atoms with Crippen LogP contribution in [0.5, 0.6) is 0 Å². The van der Waals surface area contributed by atoms with Crippen molar-refractivity contribution < 1.29 is 14.0 Å². The number of halogens is 1. The maximum atomic E-state index is 14.0. The second kappa shape index (κ2) is 8.01. The van der Waals surface area contributed by atoms with Crippen molar-refractivity contribution in [3.05, 3.63) is 11.9 Å². The Labute approximate surface area is 152 Å². The van der Waals surface area contributed by atoms with Crippen molar-refractivity contribution in [2.75, 3.05) is 32.7 Å². The van der Waals surface area contributed by atoms with E-state index < -0.39 is 6.17 Å². The molecule has 2 aliphatic heterocycles. The second-order valence-corrected chi connectivity index (χ2v) is 6.92. The number of carbonyl (C=O) groups excluding carboxylic acids is 2. The lowest BCUT2D eigenvalue weighted by molar-refractivity contribution is 0.0786. The van der Waals surface area contributed by atoms with Gasteiger partial charge in [0.2, 0.25) is 0 Å². The Balaban J connectivity index is 1.67. The Morgan fingerprint density at radius 2 is 1.96 bits per heavy atom. The van der Waals surface area contributed by atoms with E-state index in [-0.39, 0.29) is 30.9 Å². The van der Waals surface area contributed by atoms with Gasteiger partial charge in [-0.3, -0.25) is 4.79 Å². The van der Waals surface area contributed by atoms with E-state index in [1.54, 1.807) is 25.6 Å². The lowest BCUT2D eigenvalue weighted by Gasteiger charge is -2.30. The van der Waals surface area contributed by atoms with Crippen LogP contribution in [0.3, 0.4) is 0 Å². The zero-order valence-corrected chi connectivity index (χ0v) is 15.5. The highest BCUT2D eigenvalue weighted by molar-refractivity contribution is 5.92. The molecule has 3 amide bonds. The topological polar surface area (TPSA) is 74.6 Å². The van der Waals surface area contributed by atoms with E-state index in [1.807, 2.05) is 13.8 Å². The molecule has 0 N–H and O–H groups in total. The molecule has 26 heavy (non-hydrogen) atoms. The van der Waals surface area contributed by atoms with Crippen molar-refractivity contribution >= 4 is 11.9 Å². The SMILES string of the molecule is CCN(CC)C(=O)N1CC(F)CC1Cn1cc(C(=O)N2CCCC2)nn1. The minimum absolute atomic E-state index is 0.105. The maximum absolute atomic E-state index is 14.0. The normalized spacial score (nSPS) is 22.9. The third-order valence-electron chi connectivity index (χ3n) is 5.19. The third-order valence-corrected chi connectivity index (χ3v) is 5.19. The van der Waals surface area contributed by atoms with Crippen LogP contribution in [0, 0.1) is 0 Å². The van der Waals surface area contributed by atoms with Gasteiger partial charge in [0.25, 0.3) is 5.91 Å². The van der Waals surface area contributed by atoms with Gasteiger partial charge in [-0.1, -0.05) is 5.21 Å². The number of urea groups is 1. The monoisotopic (exact) mass is 366 g/mol. The summed E-state index contributed by atoms with van der Waals surface area (Å²) >= 11 is 0. The smallest absolute Gasteiger partial charge is 0.320 e. The number of likely N-dealkylation sites (tertiary alicyclic amines) is 2. The van der Waals surface area contributed by atoms with Crippen LogP contribution in [0.1, 0.15) is 43.6 Å². The van der Waals surface area contributed by atoms with Crippen LogP contribution in [0.4, 0.5) is 9.18 Å². The van der Waals surface area contributed by atoms with E-state index in [0.717, 1.165) is 25.9 Å². The lowest BCUT2D eigenvalue weighted by atomic mass is 10.2. The number of hydrogen-bond donors (Lipinski definition) is 0. The van der Waals surface area contributed by atoms with Gasteiger partial charge >= 0.3 is 6.03 Å². The molecule has 144 valence electrons. The Kier molecular flexibility index (Phi) is 5.73. The Hall–Kier alpha value is -2.19. The highest BCUT2D eigenvalue weighted by Crippen LogP contribution is 2.23. The minimum atomic E-state index is -1.03. The summed E-state index contributed by atoms with van der Waals surface area (Å²) in [4.78, 5) is 30.0. The van der Waals surface area contributed by atoms with Crippen LogP contribution >= 0.6 is 0 Å². The quantitative estimate of drug-likeness (QED) is 0.789. The van der Waals surface area contributed by atoms with Crippen molar-refractivity contribution in [3.8, 4) is 0 Å². The summed E-state index contributed by atoms with van der Waals surface area (Å²) in [5.41, 5.74) is 0.309. The molecule has 1 aromatic heterocycles. The number of alkyl halides is 1. The van der Waals surface area contributed by atoms with Crippen molar-refractivity contribution in [3.63, 3.8) is 0 Å². The van der Waals surface area contributed by atoms with Crippen molar-refractivity contribution in [1.29, 1.82) is 0 Å². The number of amides is 3. The molecule has 0 radical (unpaired) electrons. The van der Waals surface area contributed by atoms with E-state index in [4.69, 9.17) is 0 Å². The summed E-state index contributed by atoms with van der Waals surface area (Å²) < 4.78 is 15.5. The van der Waals surface area contributed by atoms with Gasteiger partial charge in [-0.25, -0.2) is 13.9 Å². The van der Waals surface area contributed by atoms with Gasteiger partial charge in [0.15, 0.2) is 5.69 Å². The first-order chi connectivity index (χ1) is 12.5. The molecule has 3 heterocycles. The van der Waals surface area contributed by atoms with Crippen molar-refractivity contribution in [1.82, 2.24) is 29.7 Å². The predicted molar refractivity (Wildman–Crippen MR) is 93.5 cm³/mol. The molecule has 3 rings (SSSR count). The van der Waals surface area contributed by atoms with Gasteiger partial charge in [0.1, 0.15) is 6.17 Å². The summed E-state index contributed by atoms with van der Waals surface area (Å²) in [6.45, 7) is 6.96. The zero-order valence-electron chi connectivity index (χ0n) is 15.5.